The van der Waals surface area contributed by atoms with Gasteiger partial charge >= 0.3 is 0 Å². The van der Waals surface area contributed by atoms with E-state index < -0.39 is 0 Å². The Hall–Kier alpha value is 0. The highest BCUT2D eigenvalue weighted by Gasteiger charge is 2.51. The summed E-state index contributed by atoms with van der Waals surface area (Å²) in [6.45, 7) is 4.84. The van der Waals surface area contributed by atoms with Crippen LogP contribution in [0, 0.1) is 17.3 Å². The van der Waals surface area contributed by atoms with E-state index in [-0.39, 0.29) is 0 Å². The molecule has 3 rings (SSSR count). The van der Waals surface area contributed by atoms with Gasteiger partial charge in [-0.15, -0.1) is 0 Å². The van der Waals surface area contributed by atoms with Crippen LogP contribution in [-0.4, -0.2) is 0 Å². The monoisotopic (exact) mass is 180 g/mol. The van der Waals surface area contributed by atoms with Crippen LogP contribution < -0.4 is 0 Å². The van der Waals surface area contributed by atoms with Crippen molar-refractivity contribution < 1.29 is 0 Å². The van der Waals surface area contributed by atoms with Crippen LogP contribution in [0.15, 0.2) is 0 Å². The SMILES string of the molecule is CCC1(CC)C2CCCCCC1C2. The van der Waals surface area contributed by atoms with Gasteiger partial charge in [0.2, 0.25) is 0 Å². The Morgan fingerprint density at radius 3 is 1.92 bits per heavy atom. The highest BCUT2D eigenvalue weighted by atomic mass is 14.6. The molecular weight excluding hydrogens is 156 g/mol. The molecule has 0 heterocycles. The Bertz CT molecular complexity index is 149. The van der Waals surface area contributed by atoms with Gasteiger partial charge in [-0.1, -0.05) is 33.1 Å². The van der Waals surface area contributed by atoms with Gasteiger partial charge in [-0.2, -0.15) is 0 Å². The molecule has 0 aromatic carbocycles. The fourth-order valence-corrected chi connectivity index (χ4v) is 4.16. The van der Waals surface area contributed by atoms with Crippen LogP contribution in [0.2, 0.25) is 0 Å². The lowest BCUT2D eigenvalue weighted by atomic mass is 9.47. The molecule has 2 atom stereocenters. The van der Waals surface area contributed by atoms with Gasteiger partial charge in [0, 0.05) is 0 Å². The van der Waals surface area contributed by atoms with E-state index in [1.54, 1.807) is 6.42 Å². The van der Waals surface area contributed by atoms with Gasteiger partial charge in [0.05, 0.1) is 0 Å². The zero-order valence-electron chi connectivity index (χ0n) is 9.31. The first-order valence-corrected chi connectivity index (χ1v) is 6.33. The Morgan fingerprint density at radius 1 is 0.923 bits per heavy atom. The molecule has 0 aromatic rings. The molecule has 0 N–H and O–H groups in total. The molecule has 3 fully saturated rings. The maximum Gasteiger partial charge on any atom is -0.0246 e. The molecule has 0 nitrogen and oxygen atoms in total. The predicted octanol–water partition coefficient (Wildman–Crippen LogP) is 4.39. The third-order valence-corrected chi connectivity index (χ3v) is 5.12. The predicted molar refractivity (Wildman–Crippen MR) is 57.7 cm³/mol. The summed E-state index contributed by atoms with van der Waals surface area (Å²) in [7, 11) is 0. The molecule has 2 bridgehead atoms. The zero-order chi connectivity index (χ0) is 9.31. The number of hydrogen-bond acceptors (Lipinski definition) is 0. The van der Waals surface area contributed by atoms with E-state index in [4.69, 9.17) is 0 Å². The van der Waals surface area contributed by atoms with Crippen LogP contribution in [0.5, 0.6) is 0 Å². The van der Waals surface area contributed by atoms with Gasteiger partial charge in [0.1, 0.15) is 0 Å². The topological polar surface area (TPSA) is 0 Å². The smallest absolute Gasteiger partial charge is 0.0246 e. The van der Waals surface area contributed by atoms with E-state index in [9.17, 15) is 0 Å². The molecule has 0 spiro atoms. The maximum absolute atomic E-state index is 2.42. The van der Waals surface area contributed by atoms with E-state index in [1.807, 2.05) is 0 Å². The molecule has 76 valence electrons. The number of rotatable bonds is 2. The first-order chi connectivity index (χ1) is 6.33. The summed E-state index contributed by atoms with van der Waals surface area (Å²) in [5.74, 6) is 2.21. The van der Waals surface area contributed by atoms with Crippen LogP contribution in [0.25, 0.3) is 0 Å². The van der Waals surface area contributed by atoms with Gasteiger partial charge in [0.25, 0.3) is 0 Å². The second-order valence-corrected chi connectivity index (χ2v) is 5.21. The Kier molecular flexibility index (Phi) is 2.67. The summed E-state index contributed by atoms with van der Waals surface area (Å²) in [6, 6.07) is 0. The molecule has 0 aliphatic heterocycles. The summed E-state index contributed by atoms with van der Waals surface area (Å²) in [6.07, 6.45) is 12.1. The molecule has 0 saturated heterocycles. The van der Waals surface area contributed by atoms with Gasteiger partial charge in [-0.05, 0) is 49.4 Å². The largest absolute Gasteiger partial charge is 0.0648 e. The first kappa shape index (κ1) is 9.55. The van der Waals surface area contributed by atoms with Crippen molar-refractivity contribution in [3.63, 3.8) is 0 Å². The average molecular weight is 180 g/mol. The summed E-state index contributed by atoms with van der Waals surface area (Å²) in [4.78, 5) is 0. The van der Waals surface area contributed by atoms with Crippen molar-refractivity contribution in [1.29, 1.82) is 0 Å². The van der Waals surface area contributed by atoms with Gasteiger partial charge in [-0.25, -0.2) is 0 Å². The third-order valence-electron chi connectivity index (χ3n) is 5.12. The van der Waals surface area contributed by atoms with E-state index in [0.29, 0.717) is 0 Å². The molecular formula is C13H24. The van der Waals surface area contributed by atoms with Crippen LogP contribution in [-0.2, 0) is 0 Å². The summed E-state index contributed by atoms with van der Waals surface area (Å²) < 4.78 is 0. The second kappa shape index (κ2) is 3.63. The van der Waals surface area contributed by atoms with Crippen molar-refractivity contribution in [2.45, 2.75) is 65.2 Å². The Morgan fingerprint density at radius 2 is 1.46 bits per heavy atom. The van der Waals surface area contributed by atoms with E-state index in [1.165, 1.54) is 44.9 Å². The molecule has 2 unspecified atom stereocenters. The summed E-state index contributed by atoms with van der Waals surface area (Å²) in [5.41, 5.74) is 0.792. The van der Waals surface area contributed by atoms with Crippen molar-refractivity contribution in [2.24, 2.45) is 17.3 Å². The minimum absolute atomic E-state index is 0.792. The molecule has 0 aromatic heterocycles. The molecule has 0 amide bonds. The number of hydrogen-bond donors (Lipinski definition) is 0. The van der Waals surface area contributed by atoms with Crippen molar-refractivity contribution in [3.05, 3.63) is 0 Å². The summed E-state index contributed by atoms with van der Waals surface area (Å²) in [5, 5.41) is 0. The lowest BCUT2D eigenvalue weighted by Crippen LogP contribution is -2.49. The molecule has 3 saturated carbocycles. The minimum atomic E-state index is 0.792. The Balaban J connectivity index is 2.09. The van der Waals surface area contributed by atoms with Crippen LogP contribution >= 0.6 is 0 Å². The normalized spacial score (nSPS) is 37.4. The third kappa shape index (κ3) is 1.33. The van der Waals surface area contributed by atoms with Gasteiger partial charge in [0.15, 0.2) is 0 Å². The second-order valence-electron chi connectivity index (χ2n) is 5.21. The highest BCUT2D eigenvalue weighted by molar-refractivity contribution is 5.01. The van der Waals surface area contributed by atoms with E-state index in [2.05, 4.69) is 13.8 Å². The molecule has 0 radical (unpaired) electrons. The van der Waals surface area contributed by atoms with Crippen LogP contribution in [0.1, 0.15) is 65.2 Å². The first-order valence-electron chi connectivity index (χ1n) is 6.33. The summed E-state index contributed by atoms with van der Waals surface area (Å²) >= 11 is 0. The van der Waals surface area contributed by atoms with E-state index in [0.717, 1.165) is 17.3 Å². The minimum Gasteiger partial charge on any atom is -0.0648 e. The fourth-order valence-electron chi connectivity index (χ4n) is 4.16. The molecule has 0 heteroatoms. The lowest BCUT2D eigenvalue weighted by molar-refractivity contribution is -0.0792. The van der Waals surface area contributed by atoms with Crippen molar-refractivity contribution in [1.82, 2.24) is 0 Å². The molecule has 3 aliphatic rings. The van der Waals surface area contributed by atoms with E-state index >= 15 is 0 Å². The standard InChI is InChI=1S/C13H24/c1-3-13(4-2)11-8-6-5-7-9-12(13)10-11/h11-12H,3-10H2,1-2H3. The number of fused-ring (bicyclic) bond motifs is 4. The maximum atomic E-state index is 2.42. The van der Waals surface area contributed by atoms with Crippen molar-refractivity contribution in [2.75, 3.05) is 0 Å². The molecule has 13 heavy (non-hydrogen) atoms. The van der Waals surface area contributed by atoms with Gasteiger partial charge in [-0.3, -0.25) is 0 Å². The van der Waals surface area contributed by atoms with Crippen LogP contribution in [0.3, 0.4) is 0 Å². The highest BCUT2D eigenvalue weighted by Crippen LogP contribution is 2.60. The average Bonchev–Trinajstić information content (AvgIpc) is 2.03. The molecule has 3 aliphatic carbocycles. The quantitative estimate of drug-likeness (QED) is 0.591. The Labute approximate surface area is 83.1 Å². The zero-order valence-corrected chi connectivity index (χ0v) is 9.31. The van der Waals surface area contributed by atoms with Crippen LogP contribution in [0.4, 0.5) is 0 Å². The fraction of sp³-hybridized carbons (Fsp3) is 1.00. The van der Waals surface area contributed by atoms with Gasteiger partial charge < -0.3 is 0 Å². The lowest BCUT2D eigenvalue weighted by Gasteiger charge is -2.58. The van der Waals surface area contributed by atoms with Crippen molar-refractivity contribution in [3.8, 4) is 0 Å². The van der Waals surface area contributed by atoms with Crippen molar-refractivity contribution >= 4 is 0 Å².